The van der Waals surface area contributed by atoms with E-state index in [1.807, 2.05) is 45.1 Å². The third-order valence-electron chi connectivity index (χ3n) is 4.27. The zero-order valence-electron chi connectivity index (χ0n) is 19.2. The average molecular weight is 494 g/mol. The lowest BCUT2D eigenvalue weighted by Gasteiger charge is -2.28. The summed E-state index contributed by atoms with van der Waals surface area (Å²) in [5.74, 6) is 0.630. The molecule has 8 heteroatoms. The smallest absolute Gasteiger partial charge is 0.410 e. The fourth-order valence-corrected chi connectivity index (χ4v) is 3.07. The molecular weight excluding hydrogens is 459 g/mol. The highest BCUT2D eigenvalue weighted by Gasteiger charge is 2.32. The number of amides is 1. The molecule has 2 heterocycles. The summed E-state index contributed by atoms with van der Waals surface area (Å²) in [6.45, 7) is 13.1. The van der Waals surface area contributed by atoms with Crippen molar-refractivity contribution in [3.63, 3.8) is 0 Å². The van der Waals surface area contributed by atoms with Gasteiger partial charge >= 0.3 is 6.09 Å². The van der Waals surface area contributed by atoms with Gasteiger partial charge in [-0.15, -0.1) is 24.8 Å². The standard InChI is InChI=1S/C23H33ClN2O3.2ClH/c1-22(2,3)12-8-7-10-17-14-19(15-25-20(17)24)28-16-18-11-9-13-26(18)21(27)29-23(4,5)6;;/h7-8,10,12,14-15,18H,9,11,13,16H2,1-6H3;2*1H/t18-;;/m1../s1. The number of hydrogen-bond acceptors (Lipinski definition) is 4. The van der Waals surface area contributed by atoms with Crippen molar-refractivity contribution in [2.24, 2.45) is 5.41 Å². The highest BCUT2D eigenvalue weighted by molar-refractivity contribution is 6.30. The molecule has 2 rings (SSSR count). The van der Waals surface area contributed by atoms with Crippen LogP contribution in [0.3, 0.4) is 0 Å². The topological polar surface area (TPSA) is 51.7 Å². The zero-order valence-corrected chi connectivity index (χ0v) is 21.6. The Morgan fingerprint density at radius 2 is 1.90 bits per heavy atom. The van der Waals surface area contributed by atoms with Gasteiger partial charge < -0.3 is 14.4 Å². The van der Waals surface area contributed by atoms with Crippen LogP contribution in [0.5, 0.6) is 5.75 Å². The molecule has 1 aliphatic rings. The fourth-order valence-electron chi connectivity index (χ4n) is 2.91. The molecule has 0 spiro atoms. The van der Waals surface area contributed by atoms with Gasteiger partial charge in [0.15, 0.2) is 0 Å². The molecule has 176 valence electrons. The van der Waals surface area contributed by atoms with Crippen LogP contribution < -0.4 is 4.74 Å². The second kappa shape index (κ2) is 12.6. The van der Waals surface area contributed by atoms with Gasteiger partial charge in [-0.05, 0) is 45.1 Å². The summed E-state index contributed by atoms with van der Waals surface area (Å²) < 4.78 is 11.4. The number of hydrogen-bond donors (Lipinski definition) is 0. The average Bonchev–Trinajstić information content (AvgIpc) is 3.05. The van der Waals surface area contributed by atoms with Crippen LogP contribution >= 0.6 is 36.4 Å². The molecule has 1 saturated heterocycles. The molecule has 0 radical (unpaired) electrons. The predicted molar refractivity (Wildman–Crippen MR) is 133 cm³/mol. The Morgan fingerprint density at radius 3 is 2.52 bits per heavy atom. The van der Waals surface area contributed by atoms with Crippen molar-refractivity contribution in [1.29, 1.82) is 0 Å². The first-order chi connectivity index (χ1) is 13.4. The van der Waals surface area contributed by atoms with E-state index in [4.69, 9.17) is 21.1 Å². The molecule has 31 heavy (non-hydrogen) atoms. The van der Waals surface area contributed by atoms with Crippen LogP contribution in [0, 0.1) is 5.41 Å². The number of carbonyl (C=O) groups is 1. The third kappa shape index (κ3) is 10.6. The van der Waals surface area contributed by atoms with E-state index in [1.165, 1.54) is 0 Å². The van der Waals surface area contributed by atoms with E-state index < -0.39 is 5.60 Å². The summed E-state index contributed by atoms with van der Waals surface area (Å²) in [4.78, 5) is 18.4. The minimum absolute atomic E-state index is 0. The maximum atomic E-state index is 12.4. The minimum atomic E-state index is -0.506. The molecule has 1 fully saturated rings. The van der Waals surface area contributed by atoms with Crippen LogP contribution in [0.2, 0.25) is 5.15 Å². The molecule has 0 bridgehead atoms. The highest BCUT2D eigenvalue weighted by atomic mass is 35.5. The van der Waals surface area contributed by atoms with Crippen LogP contribution in [0.25, 0.3) is 6.08 Å². The van der Waals surface area contributed by atoms with Crippen LogP contribution in [-0.4, -0.2) is 40.8 Å². The SMILES string of the molecule is CC(C)(C)C=CC=Cc1cc(OC[C@H]2CCCN2C(=O)OC(C)(C)C)cnc1Cl.Cl.Cl. The number of carbonyl (C=O) groups excluding carboxylic acids is 1. The number of rotatable bonds is 5. The Morgan fingerprint density at radius 1 is 1.23 bits per heavy atom. The normalized spacial score (nSPS) is 16.9. The second-order valence-corrected chi connectivity index (χ2v) is 9.77. The summed E-state index contributed by atoms with van der Waals surface area (Å²) in [5, 5.41) is 0.425. The number of allylic oxidation sites excluding steroid dienone is 3. The Kier molecular flexibility index (Phi) is 12.0. The molecule has 0 saturated carbocycles. The van der Waals surface area contributed by atoms with E-state index >= 15 is 0 Å². The van der Waals surface area contributed by atoms with Gasteiger partial charge in [0.1, 0.15) is 23.1 Å². The molecule has 1 amide bonds. The monoisotopic (exact) mass is 492 g/mol. The van der Waals surface area contributed by atoms with Crippen molar-refractivity contribution in [3.05, 3.63) is 41.2 Å². The van der Waals surface area contributed by atoms with Gasteiger partial charge in [-0.1, -0.05) is 56.7 Å². The number of halogens is 3. The summed E-state index contributed by atoms with van der Waals surface area (Å²) in [5.41, 5.74) is 0.408. The van der Waals surface area contributed by atoms with Crippen molar-refractivity contribution >= 4 is 48.6 Å². The first-order valence-electron chi connectivity index (χ1n) is 10.1. The van der Waals surface area contributed by atoms with Gasteiger partial charge in [-0.25, -0.2) is 9.78 Å². The lowest BCUT2D eigenvalue weighted by atomic mass is 9.96. The van der Waals surface area contributed by atoms with Crippen molar-refractivity contribution < 1.29 is 14.3 Å². The number of pyridine rings is 1. The van der Waals surface area contributed by atoms with Gasteiger partial charge in [0.05, 0.1) is 12.2 Å². The van der Waals surface area contributed by atoms with Crippen molar-refractivity contribution in [2.45, 2.75) is 66.0 Å². The van der Waals surface area contributed by atoms with Crippen molar-refractivity contribution in [1.82, 2.24) is 9.88 Å². The molecular formula is C23H35Cl3N2O3. The zero-order chi connectivity index (χ0) is 21.7. The Hall–Kier alpha value is -1.43. The molecule has 1 aliphatic heterocycles. The van der Waals surface area contributed by atoms with E-state index in [0.717, 1.165) is 18.4 Å². The Labute approximate surface area is 204 Å². The van der Waals surface area contributed by atoms with E-state index in [9.17, 15) is 4.79 Å². The molecule has 5 nitrogen and oxygen atoms in total. The second-order valence-electron chi connectivity index (χ2n) is 9.42. The molecule has 1 atom stereocenters. The molecule has 1 aromatic rings. The van der Waals surface area contributed by atoms with E-state index in [-0.39, 0.29) is 42.4 Å². The quantitative estimate of drug-likeness (QED) is 0.328. The molecule has 0 N–H and O–H groups in total. The molecule has 1 aromatic heterocycles. The van der Waals surface area contributed by atoms with E-state index in [0.29, 0.717) is 24.1 Å². The largest absolute Gasteiger partial charge is 0.490 e. The molecule has 0 aliphatic carbocycles. The minimum Gasteiger partial charge on any atom is -0.490 e. The Balaban J connectivity index is 0.00000450. The van der Waals surface area contributed by atoms with Gasteiger partial charge in [0, 0.05) is 12.1 Å². The van der Waals surface area contributed by atoms with Crippen molar-refractivity contribution in [3.8, 4) is 5.75 Å². The summed E-state index contributed by atoms with van der Waals surface area (Å²) in [7, 11) is 0. The van der Waals surface area contributed by atoms with Crippen LogP contribution in [0.1, 0.15) is 59.9 Å². The van der Waals surface area contributed by atoms with Gasteiger partial charge in [-0.2, -0.15) is 0 Å². The maximum absolute atomic E-state index is 12.4. The van der Waals surface area contributed by atoms with E-state index in [2.05, 4.69) is 31.8 Å². The van der Waals surface area contributed by atoms with Crippen molar-refractivity contribution in [2.75, 3.05) is 13.2 Å². The number of ether oxygens (including phenoxy) is 2. The van der Waals surface area contributed by atoms with Crippen LogP contribution in [0.15, 0.2) is 30.5 Å². The van der Waals surface area contributed by atoms with Gasteiger partial charge in [0.2, 0.25) is 0 Å². The summed E-state index contributed by atoms with van der Waals surface area (Å²) in [6, 6.07) is 1.86. The van der Waals surface area contributed by atoms with Gasteiger partial charge in [0.25, 0.3) is 0 Å². The molecule has 0 unspecified atom stereocenters. The summed E-state index contributed by atoms with van der Waals surface area (Å²) in [6.07, 6.45) is 11.1. The fraction of sp³-hybridized carbons (Fsp3) is 0.565. The van der Waals surface area contributed by atoms with Crippen LogP contribution in [0.4, 0.5) is 4.79 Å². The highest BCUT2D eigenvalue weighted by Crippen LogP contribution is 2.24. The lowest BCUT2D eigenvalue weighted by Crippen LogP contribution is -2.42. The Bertz CT molecular complexity index is 768. The first kappa shape index (κ1) is 29.6. The summed E-state index contributed by atoms with van der Waals surface area (Å²) >= 11 is 6.21. The predicted octanol–water partition coefficient (Wildman–Crippen LogP) is 6.97. The molecule has 0 aromatic carbocycles. The number of nitrogens with zero attached hydrogens (tertiary/aromatic N) is 2. The van der Waals surface area contributed by atoms with E-state index in [1.54, 1.807) is 11.1 Å². The van der Waals surface area contributed by atoms with Gasteiger partial charge in [-0.3, -0.25) is 0 Å². The maximum Gasteiger partial charge on any atom is 0.410 e. The number of aromatic nitrogens is 1. The first-order valence-corrected chi connectivity index (χ1v) is 10.5. The number of likely N-dealkylation sites (tertiary alicyclic amines) is 1. The van der Waals surface area contributed by atoms with Crippen LogP contribution in [-0.2, 0) is 4.74 Å². The lowest BCUT2D eigenvalue weighted by molar-refractivity contribution is 0.0187. The third-order valence-corrected chi connectivity index (χ3v) is 4.59.